The van der Waals surface area contributed by atoms with E-state index in [0.717, 1.165) is 6.07 Å². The van der Waals surface area contributed by atoms with Crippen molar-refractivity contribution >= 4 is 23.4 Å². The van der Waals surface area contributed by atoms with Crippen LogP contribution in [-0.4, -0.2) is 10.8 Å². The molecular formula is C11H9ClN2O4. The van der Waals surface area contributed by atoms with Crippen LogP contribution in [0, 0.1) is 10.1 Å². The summed E-state index contributed by atoms with van der Waals surface area (Å²) in [7, 11) is 0. The molecule has 0 saturated heterocycles. The Balaban J connectivity index is 2.73. The zero-order valence-electron chi connectivity index (χ0n) is 9.18. The van der Waals surface area contributed by atoms with E-state index in [4.69, 9.17) is 16.0 Å². The number of halogens is 1. The summed E-state index contributed by atoms with van der Waals surface area (Å²) in [5, 5.41) is 13.0. The van der Waals surface area contributed by atoms with Gasteiger partial charge in [-0.15, -0.1) is 0 Å². The zero-order chi connectivity index (χ0) is 13.7. The second kappa shape index (κ2) is 5.83. The predicted molar refractivity (Wildman–Crippen MR) is 66.1 cm³/mol. The van der Waals surface area contributed by atoms with Gasteiger partial charge in [0.25, 0.3) is 5.91 Å². The molecule has 0 aliphatic heterocycles. The molecule has 0 radical (unpaired) electrons. The quantitative estimate of drug-likeness (QED) is 0.505. The number of hydrogen-bond donors (Lipinski definition) is 1. The number of carbonyl (C=O) groups is 1. The third-order valence-corrected chi connectivity index (χ3v) is 2.04. The first-order chi connectivity index (χ1) is 8.43. The number of nitrogens with one attached hydrogen (secondary N) is 1. The number of nitro groups is 1. The molecule has 0 aliphatic rings. The minimum absolute atomic E-state index is 0.189. The van der Waals surface area contributed by atoms with Gasteiger partial charge < -0.3 is 9.73 Å². The van der Waals surface area contributed by atoms with E-state index in [0.29, 0.717) is 5.03 Å². The Morgan fingerprint density at radius 3 is 2.72 bits per heavy atom. The van der Waals surface area contributed by atoms with E-state index in [2.05, 4.69) is 18.5 Å². The third kappa shape index (κ3) is 3.60. The van der Waals surface area contributed by atoms with Gasteiger partial charge in [-0.05, 0) is 12.1 Å². The van der Waals surface area contributed by atoms with Crippen molar-refractivity contribution in [2.45, 2.75) is 0 Å². The summed E-state index contributed by atoms with van der Waals surface area (Å²) in [4.78, 5) is 21.2. The summed E-state index contributed by atoms with van der Waals surface area (Å²) in [6, 6.07) is 2.28. The number of carbonyl (C=O) groups excluding carboxylic acids is 1. The lowest BCUT2D eigenvalue weighted by Gasteiger charge is -2.01. The molecule has 0 atom stereocenters. The first-order valence-corrected chi connectivity index (χ1v) is 5.06. The number of allylic oxidation sites excluding steroid dienone is 3. The molecule has 0 aliphatic carbocycles. The van der Waals surface area contributed by atoms with Gasteiger partial charge in [-0.2, -0.15) is 0 Å². The summed E-state index contributed by atoms with van der Waals surface area (Å²) in [5.41, 5.74) is 0.212. The first kappa shape index (κ1) is 13.7. The van der Waals surface area contributed by atoms with E-state index >= 15 is 0 Å². The molecule has 0 fully saturated rings. The highest BCUT2D eigenvalue weighted by Gasteiger charge is 2.17. The number of hydrogen-bond acceptors (Lipinski definition) is 4. The van der Waals surface area contributed by atoms with E-state index in [-0.39, 0.29) is 11.5 Å². The van der Waals surface area contributed by atoms with Crippen molar-refractivity contribution in [3.63, 3.8) is 0 Å². The van der Waals surface area contributed by atoms with E-state index in [1.165, 1.54) is 18.2 Å². The van der Waals surface area contributed by atoms with Gasteiger partial charge in [0.05, 0.1) is 6.07 Å². The Hall–Kier alpha value is -2.34. The van der Waals surface area contributed by atoms with Crippen LogP contribution in [0.4, 0.5) is 5.88 Å². The summed E-state index contributed by atoms with van der Waals surface area (Å²) >= 11 is 5.65. The third-order valence-electron chi connectivity index (χ3n) is 1.78. The normalized spacial score (nSPS) is 10.8. The minimum Gasteiger partial charge on any atom is -0.395 e. The molecule has 0 saturated carbocycles. The molecule has 7 heteroatoms. The highest BCUT2D eigenvalue weighted by Crippen LogP contribution is 2.15. The maximum atomic E-state index is 11.6. The van der Waals surface area contributed by atoms with Crippen LogP contribution in [0.2, 0.25) is 0 Å². The topological polar surface area (TPSA) is 85.4 Å². The van der Waals surface area contributed by atoms with Gasteiger partial charge >= 0.3 is 5.88 Å². The van der Waals surface area contributed by atoms with Crippen molar-refractivity contribution in [3.8, 4) is 0 Å². The van der Waals surface area contributed by atoms with E-state index < -0.39 is 16.7 Å². The number of nitrogens with zero attached hydrogens (tertiary/aromatic N) is 1. The standard InChI is InChI=1S/C11H9ClN2O4/c1-3-8(12)6-7(2)13-11(15)9-4-5-10(18-9)14(16)17/h3-6H,1-2H2,(H,13,15)/b8-6+. The maximum Gasteiger partial charge on any atom is 0.433 e. The first-order valence-electron chi connectivity index (χ1n) is 4.68. The van der Waals surface area contributed by atoms with Gasteiger partial charge in [0.2, 0.25) is 0 Å². The van der Waals surface area contributed by atoms with Crippen molar-refractivity contribution in [1.82, 2.24) is 5.32 Å². The Morgan fingerprint density at radius 2 is 2.22 bits per heavy atom. The van der Waals surface area contributed by atoms with Crippen molar-refractivity contribution < 1.29 is 14.1 Å². The average molecular weight is 269 g/mol. The molecule has 1 aromatic heterocycles. The number of furan rings is 1. The molecule has 1 N–H and O–H groups in total. The molecule has 0 aromatic carbocycles. The van der Waals surface area contributed by atoms with Gasteiger partial charge in [-0.25, -0.2) is 0 Å². The minimum atomic E-state index is -0.736. The largest absolute Gasteiger partial charge is 0.433 e. The van der Waals surface area contributed by atoms with Crippen LogP contribution in [0.3, 0.4) is 0 Å². The van der Waals surface area contributed by atoms with Crippen LogP contribution < -0.4 is 5.32 Å². The fourth-order valence-corrected chi connectivity index (χ4v) is 1.15. The van der Waals surface area contributed by atoms with Crippen molar-refractivity contribution in [2.24, 2.45) is 0 Å². The number of rotatable bonds is 5. The van der Waals surface area contributed by atoms with Gasteiger partial charge in [0, 0.05) is 10.7 Å². The van der Waals surface area contributed by atoms with Gasteiger partial charge in [-0.3, -0.25) is 14.9 Å². The molecule has 1 rings (SSSR count). The van der Waals surface area contributed by atoms with Crippen molar-refractivity contribution in [3.05, 3.63) is 64.0 Å². The van der Waals surface area contributed by atoms with E-state index in [9.17, 15) is 14.9 Å². The zero-order valence-corrected chi connectivity index (χ0v) is 9.94. The lowest BCUT2D eigenvalue weighted by molar-refractivity contribution is -0.402. The van der Waals surface area contributed by atoms with Crippen LogP contribution in [0.25, 0.3) is 0 Å². The summed E-state index contributed by atoms with van der Waals surface area (Å²) in [6.07, 6.45) is 2.75. The molecular weight excluding hydrogens is 260 g/mol. The SMILES string of the molecule is C=C/C(Cl)=C\C(=C)NC(=O)c1ccc([N+](=O)[O-])o1. The second-order valence-corrected chi connectivity index (χ2v) is 3.54. The predicted octanol–water partition coefficient (Wildman–Crippen LogP) is 2.74. The molecule has 0 spiro atoms. The van der Waals surface area contributed by atoms with E-state index in [1.807, 2.05) is 0 Å². The Kier molecular flexibility index (Phi) is 4.45. The highest BCUT2D eigenvalue weighted by atomic mass is 35.5. The monoisotopic (exact) mass is 268 g/mol. The molecule has 94 valence electrons. The van der Waals surface area contributed by atoms with Crippen LogP contribution in [0.5, 0.6) is 0 Å². The summed E-state index contributed by atoms with van der Waals surface area (Å²) in [5.74, 6) is -1.35. The fourth-order valence-electron chi connectivity index (χ4n) is 1.02. The van der Waals surface area contributed by atoms with Gasteiger partial charge in [0.1, 0.15) is 4.92 Å². The lowest BCUT2D eigenvalue weighted by Crippen LogP contribution is -2.20. The molecule has 0 unspecified atom stereocenters. The van der Waals surface area contributed by atoms with E-state index in [1.54, 1.807) is 0 Å². The highest BCUT2D eigenvalue weighted by molar-refractivity contribution is 6.31. The Bertz CT molecular complexity index is 545. The van der Waals surface area contributed by atoms with Crippen molar-refractivity contribution in [1.29, 1.82) is 0 Å². The summed E-state index contributed by atoms with van der Waals surface area (Å²) in [6.45, 7) is 6.96. The Labute approximate surface area is 107 Å². The molecule has 0 bridgehead atoms. The maximum absolute atomic E-state index is 11.6. The van der Waals surface area contributed by atoms with Crippen LogP contribution in [0.15, 0.2) is 52.6 Å². The molecule has 6 nitrogen and oxygen atoms in total. The average Bonchev–Trinajstić information content (AvgIpc) is 2.77. The van der Waals surface area contributed by atoms with Gasteiger partial charge in [0.15, 0.2) is 5.76 Å². The molecule has 1 aromatic rings. The molecule has 1 heterocycles. The number of amides is 1. The smallest absolute Gasteiger partial charge is 0.395 e. The Morgan fingerprint density at radius 1 is 1.56 bits per heavy atom. The van der Waals surface area contributed by atoms with Crippen LogP contribution in [0.1, 0.15) is 10.6 Å². The molecule has 18 heavy (non-hydrogen) atoms. The molecule has 1 amide bonds. The van der Waals surface area contributed by atoms with Crippen molar-refractivity contribution in [2.75, 3.05) is 0 Å². The summed E-state index contributed by atoms with van der Waals surface area (Å²) < 4.78 is 4.71. The lowest BCUT2D eigenvalue weighted by atomic mass is 10.3. The second-order valence-electron chi connectivity index (χ2n) is 3.11. The van der Waals surface area contributed by atoms with Gasteiger partial charge in [-0.1, -0.05) is 30.8 Å². The van der Waals surface area contributed by atoms with Crippen LogP contribution in [-0.2, 0) is 0 Å². The fraction of sp³-hybridized carbons (Fsp3) is 0. The van der Waals surface area contributed by atoms with Crippen LogP contribution >= 0.6 is 11.6 Å².